The van der Waals surface area contributed by atoms with Crippen LogP contribution in [0.2, 0.25) is 0 Å². The highest BCUT2D eigenvalue weighted by Crippen LogP contribution is 2.40. The van der Waals surface area contributed by atoms with Gasteiger partial charge in [-0.1, -0.05) is 18.9 Å². The summed E-state index contributed by atoms with van der Waals surface area (Å²) >= 11 is 1.98. The fourth-order valence-corrected chi connectivity index (χ4v) is 3.69. The molecular weight excluding hydrogens is 256 g/mol. The molecule has 2 heterocycles. The molecule has 5 heteroatoms. The summed E-state index contributed by atoms with van der Waals surface area (Å²) < 4.78 is 2.23. The highest BCUT2D eigenvalue weighted by Gasteiger charge is 2.32. The second-order valence-electron chi connectivity index (χ2n) is 5.39. The fraction of sp³-hybridized carbons (Fsp3) is 0.571. The molecule has 0 aliphatic heterocycles. The number of hydrogen-bond acceptors (Lipinski definition) is 4. The zero-order chi connectivity index (χ0) is 13.3. The first-order valence-electron chi connectivity index (χ1n) is 6.83. The van der Waals surface area contributed by atoms with E-state index in [-0.39, 0.29) is 0 Å². The molecule has 0 spiro atoms. The number of pyridine rings is 1. The lowest BCUT2D eigenvalue weighted by Gasteiger charge is -2.26. The van der Waals surface area contributed by atoms with Crippen molar-refractivity contribution in [3.8, 4) is 0 Å². The topological polar surface area (TPSA) is 42.2 Å². The van der Waals surface area contributed by atoms with E-state index in [4.69, 9.17) is 0 Å². The molecule has 0 unspecified atom stereocenters. The van der Waals surface area contributed by atoms with Gasteiger partial charge in [0, 0.05) is 17.5 Å². The van der Waals surface area contributed by atoms with Gasteiger partial charge in [-0.2, -0.15) is 16.7 Å². The standard InChI is InChI=1S/C14H20N4S/c1-11-5-6-12-16-13(17-18(12)9-11)15-10-14(19-2)7-3-4-8-14/h5-6,9H,3-4,7-8,10H2,1-2H3,(H,15,17). The molecule has 3 rings (SSSR count). The van der Waals surface area contributed by atoms with Gasteiger partial charge < -0.3 is 5.32 Å². The van der Waals surface area contributed by atoms with Gasteiger partial charge in [0.25, 0.3) is 0 Å². The largest absolute Gasteiger partial charge is 0.352 e. The average molecular weight is 276 g/mol. The number of aromatic nitrogens is 3. The van der Waals surface area contributed by atoms with E-state index >= 15 is 0 Å². The third kappa shape index (κ3) is 2.56. The van der Waals surface area contributed by atoms with Crippen LogP contribution in [0.4, 0.5) is 5.95 Å². The molecule has 0 aromatic carbocycles. The summed E-state index contributed by atoms with van der Waals surface area (Å²) in [5.41, 5.74) is 2.10. The average Bonchev–Trinajstić information content (AvgIpc) is 3.02. The molecule has 1 N–H and O–H groups in total. The number of hydrogen-bond donors (Lipinski definition) is 1. The van der Waals surface area contributed by atoms with Gasteiger partial charge >= 0.3 is 0 Å². The van der Waals surface area contributed by atoms with E-state index in [0.717, 1.165) is 18.1 Å². The number of anilines is 1. The quantitative estimate of drug-likeness (QED) is 0.931. The Hall–Kier alpha value is -1.23. The molecule has 0 bridgehead atoms. The van der Waals surface area contributed by atoms with Crippen molar-refractivity contribution in [3.63, 3.8) is 0 Å². The summed E-state index contributed by atoms with van der Waals surface area (Å²) in [5.74, 6) is 0.742. The SMILES string of the molecule is CSC1(CNc2nc3ccc(C)cn3n2)CCCC1. The van der Waals surface area contributed by atoms with E-state index in [0.29, 0.717) is 4.75 Å². The van der Waals surface area contributed by atoms with Crippen molar-refractivity contribution in [1.82, 2.24) is 14.6 Å². The Morgan fingerprint density at radius 2 is 2.16 bits per heavy atom. The Morgan fingerprint density at radius 1 is 1.37 bits per heavy atom. The number of aryl methyl sites for hydroxylation is 1. The Morgan fingerprint density at radius 3 is 2.89 bits per heavy atom. The summed E-state index contributed by atoms with van der Waals surface area (Å²) in [6.45, 7) is 3.03. The van der Waals surface area contributed by atoms with Gasteiger partial charge in [0.1, 0.15) is 0 Å². The summed E-state index contributed by atoms with van der Waals surface area (Å²) in [4.78, 5) is 4.51. The van der Waals surface area contributed by atoms with Crippen molar-refractivity contribution in [2.75, 3.05) is 18.1 Å². The molecule has 0 radical (unpaired) electrons. The predicted octanol–water partition coefficient (Wildman–Crippen LogP) is 3.13. The molecule has 102 valence electrons. The summed E-state index contributed by atoms with van der Waals surface area (Å²) in [7, 11) is 0. The van der Waals surface area contributed by atoms with Crippen molar-refractivity contribution in [3.05, 3.63) is 23.9 Å². The van der Waals surface area contributed by atoms with E-state index in [9.17, 15) is 0 Å². The van der Waals surface area contributed by atoms with E-state index in [2.05, 4.69) is 34.6 Å². The van der Waals surface area contributed by atoms with Crippen LogP contribution in [0.3, 0.4) is 0 Å². The Balaban J connectivity index is 1.74. The molecule has 0 saturated heterocycles. The summed E-state index contributed by atoms with van der Waals surface area (Å²) in [6.07, 6.45) is 9.52. The molecule has 0 atom stereocenters. The smallest absolute Gasteiger partial charge is 0.243 e. The van der Waals surface area contributed by atoms with Crippen LogP contribution in [-0.2, 0) is 0 Å². The van der Waals surface area contributed by atoms with Crippen molar-refractivity contribution in [1.29, 1.82) is 0 Å². The van der Waals surface area contributed by atoms with Crippen LogP contribution in [0.5, 0.6) is 0 Å². The maximum atomic E-state index is 4.51. The maximum absolute atomic E-state index is 4.51. The van der Waals surface area contributed by atoms with Crippen LogP contribution < -0.4 is 5.32 Å². The number of fused-ring (bicyclic) bond motifs is 1. The minimum Gasteiger partial charge on any atom is -0.352 e. The molecule has 0 amide bonds. The van der Waals surface area contributed by atoms with Crippen LogP contribution in [0, 0.1) is 6.92 Å². The number of thioether (sulfide) groups is 1. The Labute approximate surface area is 118 Å². The third-order valence-corrected chi connectivity index (χ3v) is 5.41. The van der Waals surface area contributed by atoms with Crippen LogP contribution in [0.1, 0.15) is 31.2 Å². The highest BCUT2D eigenvalue weighted by atomic mass is 32.2. The molecule has 1 aliphatic carbocycles. The van der Waals surface area contributed by atoms with E-state index in [1.807, 2.05) is 28.5 Å². The van der Waals surface area contributed by atoms with Gasteiger partial charge in [0.15, 0.2) is 5.65 Å². The van der Waals surface area contributed by atoms with Crippen LogP contribution in [0.15, 0.2) is 18.3 Å². The van der Waals surface area contributed by atoms with Gasteiger partial charge in [0.2, 0.25) is 5.95 Å². The second kappa shape index (κ2) is 5.04. The first-order valence-corrected chi connectivity index (χ1v) is 8.05. The first kappa shape index (κ1) is 12.8. The predicted molar refractivity (Wildman–Crippen MR) is 80.9 cm³/mol. The van der Waals surface area contributed by atoms with Crippen molar-refractivity contribution >= 4 is 23.4 Å². The molecule has 1 aliphatic rings. The zero-order valence-corrected chi connectivity index (χ0v) is 12.3. The van der Waals surface area contributed by atoms with Crippen LogP contribution in [0.25, 0.3) is 5.65 Å². The minimum absolute atomic E-state index is 0.382. The Bertz CT molecular complexity index is 572. The molecule has 2 aromatic heterocycles. The molecule has 19 heavy (non-hydrogen) atoms. The highest BCUT2D eigenvalue weighted by molar-refractivity contribution is 8.00. The van der Waals surface area contributed by atoms with Gasteiger partial charge in [-0.25, -0.2) is 4.52 Å². The van der Waals surface area contributed by atoms with Crippen molar-refractivity contribution in [2.24, 2.45) is 0 Å². The van der Waals surface area contributed by atoms with Crippen molar-refractivity contribution < 1.29 is 0 Å². The van der Waals surface area contributed by atoms with Gasteiger partial charge in [-0.15, -0.1) is 5.10 Å². The summed E-state index contributed by atoms with van der Waals surface area (Å²) in [6, 6.07) is 4.07. The number of nitrogens with zero attached hydrogens (tertiary/aromatic N) is 3. The summed E-state index contributed by atoms with van der Waals surface area (Å²) in [5, 5.41) is 7.91. The lowest BCUT2D eigenvalue weighted by atomic mass is 10.1. The molecule has 1 fully saturated rings. The number of rotatable bonds is 4. The molecular formula is C14H20N4S. The van der Waals surface area contributed by atoms with E-state index in [1.165, 1.54) is 31.2 Å². The fourth-order valence-electron chi connectivity index (χ4n) is 2.77. The lowest BCUT2D eigenvalue weighted by Crippen LogP contribution is -2.30. The molecule has 1 saturated carbocycles. The molecule has 4 nitrogen and oxygen atoms in total. The van der Waals surface area contributed by atoms with E-state index < -0.39 is 0 Å². The van der Waals surface area contributed by atoms with Gasteiger partial charge in [-0.3, -0.25) is 0 Å². The first-order chi connectivity index (χ1) is 9.21. The molecule has 2 aromatic rings. The lowest BCUT2D eigenvalue weighted by molar-refractivity contribution is 0.637. The van der Waals surface area contributed by atoms with Gasteiger partial charge in [0.05, 0.1) is 0 Å². The second-order valence-corrected chi connectivity index (χ2v) is 6.67. The normalized spacial score (nSPS) is 18.0. The monoisotopic (exact) mass is 276 g/mol. The third-order valence-electron chi connectivity index (χ3n) is 4.00. The van der Waals surface area contributed by atoms with Crippen LogP contribution >= 0.6 is 11.8 Å². The Kier molecular flexibility index (Phi) is 3.39. The van der Waals surface area contributed by atoms with Gasteiger partial charge in [-0.05, 0) is 37.7 Å². The maximum Gasteiger partial charge on any atom is 0.243 e. The van der Waals surface area contributed by atoms with E-state index in [1.54, 1.807) is 0 Å². The van der Waals surface area contributed by atoms with Crippen LogP contribution in [-0.4, -0.2) is 32.1 Å². The van der Waals surface area contributed by atoms with Crippen molar-refractivity contribution in [2.45, 2.75) is 37.4 Å². The zero-order valence-electron chi connectivity index (χ0n) is 11.5. The number of nitrogens with one attached hydrogen (secondary N) is 1. The minimum atomic E-state index is 0.382.